The molecule has 1 fully saturated rings. The molecule has 0 unspecified atom stereocenters. The molecule has 1 amide bonds. The van der Waals surface area contributed by atoms with Gasteiger partial charge in [-0.05, 0) is 43.5 Å². The number of amides is 1. The second-order valence-electron chi connectivity index (χ2n) is 7.83. The fourth-order valence-electron chi connectivity index (χ4n) is 4.58. The smallest absolute Gasteiger partial charge is 0.274 e. The number of methoxy groups -OCH3 is 1. The number of aromatic nitrogens is 2. The molecule has 1 aromatic heterocycles. The molecule has 1 aliphatic heterocycles. The average molecular weight is 402 g/mol. The largest absolute Gasteiger partial charge is 0.495 e. The third-order valence-electron chi connectivity index (χ3n) is 6.13. The number of benzene rings is 2. The summed E-state index contributed by atoms with van der Waals surface area (Å²) in [5.41, 5.74) is 5.07. The lowest BCUT2D eigenvalue weighted by Gasteiger charge is -2.36. The maximum Gasteiger partial charge on any atom is 0.274 e. The number of nitrogens with zero attached hydrogens (tertiary/aromatic N) is 4. The Morgan fingerprint density at radius 2 is 1.67 bits per heavy atom. The first-order valence-corrected chi connectivity index (χ1v) is 10.6. The summed E-state index contributed by atoms with van der Waals surface area (Å²) in [6, 6.07) is 18.2. The molecule has 2 aromatic carbocycles. The predicted octanol–water partition coefficient (Wildman–Crippen LogP) is 3.33. The van der Waals surface area contributed by atoms with Crippen molar-refractivity contribution in [3.8, 4) is 11.4 Å². The summed E-state index contributed by atoms with van der Waals surface area (Å²) >= 11 is 0. The number of hydrogen-bond acceptors (Lipinski definition) is 4. The minimum atomic E-state index is 0.0579. The standard InChI is InChI=1S/C24H26N4O2/c1-30-22-13-6-5-11-21(22)26-14-16-27(17-15-26)24(29)23-19-10-7-12-20(19)28(25-23)18-8-3-2-4-9-18/h2-6,8-9,11,13H,7,10,12,14-17H2,1H3. The SMILES string of the molecule is COc1ccccc1N1CCN(C(=O)c2nn(-c3ccccc3)c3c2CCC3)CC1. The lowest BCUT2D eigenvalue weighted by atomic mass is 10.1. The van der Waals surface area contributed by atoms with Gasteiger partial charge in [-0.25, -0.2) is 4.68 Å². The van der Waals surface area contributed by atoms with Crippen LogP contribution in [0.5, 0.6) is 5.75 Å². The molecule has 0 spiro atoms. The second kappa shape index (κ2) is 7.86. The van der Waals surface area contributed by atoms with E-state index < -0.39 is 0 Å². The Kier molecular flexibility index (Phi) is 4.91. The molecule has 0 radical (unpaired) electrons. The number of hydrogen-bond donors (Lipinski definition) is 0. The van der Waals surface area contributed by atoms with Crippen molar-refractivity contribution < 1.29 is 9.53 Å². The third-order valence-corrected chi connectivity index (χ3v) is 6.13. The fourth-order valence-corrected chi connectivity index (χ4v) is 4.58. The zero-order valence-electron chi connectivity index (χ0n) is 17.3. The molecule has 1 aliphatic carbocycles. The molecular formula is C24H26N4O2. The summed E-state index contributed by atoms with van der Waals surface area (Å²) in [4.78, 5) is 17.6. The highest BCUT2D eigenvalue weighted by Crippen LogP contribution is 2.30. The number of piperazine rings is 1. The summed E-state index contributed by atoms with van der Waals surface area (Å²) in [6.07, 6.45) is 3.00. The number of carbonyl (C=O) groups is 1. The number of carbonyl (C=O) groups excluding carboxylic acids is 1. The highest BCUT2D eigenvalue weighted by Gasteiger charge is 2.31. The first-order chi connectivity index (χ1) is 14.8. The van der Waals surface area contributed by atoms with Gasteiger partial charge in [-0.2, -0.15) is 5.10 Å². The van der Waals surface area contributed by atoms with Gasteiger partial charge in [-0.1, -0.05) is 30.3 Å². The van der Waals surface area contributed by atoms with Crippen LogP contribution < -0.4 is 9.64 Å². The van der Waals surface area contributed by atoms with Gasteiger partial charge < -0.3 is 14.5 Å². The van der Waals surface area contributed by atoms with Crippen LogP contribution in [-0.4, -0.2) is 53.9 Å². The molecule has 2 heterocycles. The van der Waals surface area contributed by atoms with Crippen molar-refractivity contribution in [2.45, 2.75) is 19.3 Å². The number of fused-ring (bicyclic) bond motifs is 1. The summed E-state index contributed by atoms with van der Waals surface area (Å²) in [6.45, 7) is 2.94. The Hall–Kier alpha value is -3.28. The number of para-hydroxylation sites is 3. The van der Waals surface area contributed by atoms with E-state index in [-0.39, 0.29) is 5.91 Å². The molecule has 6 heteroatoms. The Morgan fingerprint density at radius 1 is 0.933 bits per heavy atom. The molecule has 5 rings (SSSR count). The maximum absolute atomic E-state index is 13.4. The van der Waals surface area contributed by atoms with Gasteiger partial charge in [0.05, 0.1) is 18.5 Å². The minimum Gasteiger partial charge on any atom is -0.495 e. The van der Waals surface area contributed by atoms with Gasteiger partial charge in [-0.3, -0.25) is 4.79 Å². The zero-order chi connectivity index (χ0) is 20.5. The highest BCUT2D eigenvalue weighted by atomic mass is 16.5. The lowest BCUT2D eigenvalue weighted by Crippen LogP contribution is -2.49. The van der Waals surface area contributed by atoms with Gasteiger partial charge in [0.25, 0.3) is 5.91 Å². The van der Waals surface area contributed by atoms with Crippen LogP contribution in [0.4, 0.5) is 5.69 Å². The van der Waals surface area contributed by atoms with E-state index in [9.17, 15) is 4.79 Å². The first-order valence-electron chi connectivity index (χ1n) is 10.6. The van der Waals surface area contributed by atoms with E-state index in [0.29, 0.717) is 18.8 Å². The van der Waals surface area contributed by atoms with Gasteiger partial charge in [0.2, 0.25) is 0 Å². The van der Waals surface area contributed by atoms with Crippen molar-refractivity contribution in [2.24, 2.45) is 0 Å². The molecule has 154 valence electrons. The van der Waals surface area contributed by atoms with Gasteiger partial charge >= 0.3 is 0 Å². The average Bonchev–Trinajstić information content (AvgIpc) is 3.42. The molecule has 0 saturated carbocycles. The van der Waals surface area contributed by atoms with E-state index in [2.05, 4.69) is 11.0 Å². The normalized spacial score (nSPS) is 15.9. The summed E-state index contributed by atoms with van der Waals surface area (Å²) in [7, 11) is 1.70. The van der Waals surface area contributed by atoms with Crippen molar-refractivity contribution in [2.75, 3.05) is 38.2 Å². The number of anilines is 1. The van der Waals surface area contributed by atoms with Crippen molar-refractivity contribution >= 4 is 11.6 Å². The van der Waals surface area contributed by atoms with E-state index in [0.717, 1.165) is 55.0 Å². The molecular weight excluding hydrogens is 376 g/mol. The van der Waals surface area contributed by atoms with E-state index >= 15 is 0 Å². The topological polar surface area (TPSA) is 50.6 Å². The Bertz CT molecular complexity index is 1050. The van der Waals surface area contributed by atoms with Crippen LogP contribution in [0.3, 0.4) is 0 Å². The molecule has 6 nitrogen and oxygen atoms in total. The first kappa shape index (κ1) is 18.7. The molecule has 0 N–H and O–H groups in total. The summed E-state index contributed by atoms with van der Waals surface area (Å²) < 4.78 is 7.48. The van der Waals surface area contributed by atoms with E-state index in [1.165, 1.54) is 5.69 Å². The summed E-state index contributed by atoms with van der Waals surface area (Å²) in [5.74, 6) is 0.930. The molecule has 3 aromatic rings. The van der Waals surface area contributed by atoms with Crippen LogP contribution in [0.25, 0.3) is 5.69 Å². The Morgan fingerprint density at radius 3 is 2.43 bits per heavy atom. The van der Waals surface area contributed by atoms with Crippen molar-refractivity contribution in [3.63, 3.8) is 0 Å². The number of ether oxygens (including phenoxy) is 1. The van der Waals surface area contributed by atoms with E-state index in [1.54, 1.807) is 7.11 Å². The zero-order valence-corrected chi connectivity index (χ0v) is 17.3. The van der Waals surface area contributed by atoms with Gasteiger partial charge in [-0.15, -0.1) is 0 Å². The molecule has 0 bridgehead atoms. The van der Waals surface area contributed by atoms with Crippen LogP contribution in [0.15, 0.2) is 54.6 Å². The number of rotatable bonds is 4. The molecule has 1 saturated heterocycles. The van der Waals surface area contributed by atoms with E-state index in [1.807, 2.05) is 58.1 Å². The Balaban J connectivity index is 1.36. The minimum absolute atomic E-state index is 0.0579. The third kappa shape index (κ3) is 3.22. The van der Waals surface area contributed by atoms with Crippen LogP contribution in [0, 0.1) is 0 Å². The molecule has 2 aliphatic rings. The van der Waals surface area contributed by atoms with Crippen molar-refractivity contribution in [3.05, 3.63) is 71.5 Å². The summed E-state index contributed by atoms with van der Waals surface area (Å²) in [5, 5.41) is 4.77. The highest BCUT2D eigenvalue weighted by molar-refractivity contribution is 5.94. The second-order valence-corrected chi connectivity index (χ2v) is 7.83. The van der Waals surface area contributed by atoms with Crippen molar-refractivity contribution in [1.82, 2.24) is 14.7 Å². The molecule has 0 atom stereocenters. The van der Waals surface area contributed by atoms with Crippen LogP contribution in [0.1, 0.15) is 28.2 Å². The van der Waals surface area contributed by atoms with Gasteiger partial charge in [0, 0.05) is 37.4 Å². The van der Waals surface area contributed by atoms with Gasteiger partial charge in [0.1, 0.15) is 5.75 Å². The van der Waals surface area contributed by atoms with Crippen LogP contribution in [0.2, 0.25) is 0 Å². The quantitative estimate of drug-likeness (QED) is 0.672. The fraction of sp³-hybridized carbons (Fsp3) is 0.333. The maximum atomic E-state index is 13.4. The monoisotopic (exact) mass is 402 g/mol. The van der Waals surface area contributed by atoms with E-state index in [4.69, 9.17) is 9.84 Å². The predicted molar refractivity (Wildman–Crippen MR) is 117 cm³/mol. The molecule has 30 heavy (non-hydrogen) atoms. The Labute approximate surface area is 176 Å². The lowest BCUT2D eigenvalue weighted by molar-refractivity contribution is 0.0739. The van der Waals surface area contributed by atoms with Gasteiger partial charge in [0.15, 0.2) is 5.69 Å². The van der Waals surface area contributed by atoms with Crippen LogP contribution in [-0.2, 0) is 12.8 Å². The van der Waals surface area contributed by atoms with Crippen molar-refractivity contribution in [1.29, 1.82) is 0 Å². The van der Waals surface area contributed by atoms with Crippen LogP contribution >= 0.6 is 0 Å².